The molecule has 1 aliphatic carbocycles. The summed E-state index contributed by atoms with van der Waals surface area (Å²) < 4.78 is 48.7. The maximum Gasteiger partial charge on any atom is 0.391 e. The van der Waals surface area contributed by atoms with Gasteiger partial charge in [0.2, 0.25) is 0 Å². The van der Waals surface area contributed by atoms with Gasteiger partial charge in [-0.2, -0.15) is 13.2 Å². The molecule has 0 aromatic heterocycles. The zero-order valence-electron chi connectivity index (χ0n) is 13.1. The molecule has 7 heteroatoms. The second kappa shape index (κ2) is 7.10. The van der Waals surface area contributed by atoms with E-state index in [0.717, 1.165) is 0 Å². The van der Waals surface area contributed by atoms with E-state index in [2.05, 4.69) is 5.32 Å². The smallest absolute Gasteiger partial charge is 0.391 e. The summed E-state index contributed by atoms with van der Waals surface area (Å²) in [5.74, 6) is -0.971. The van der Waals surface area contributed by atoms with Crippen LogP contribution >= 0.6 is 0 Å². The van der Waals surface area contributed by atoms with Gasteiger partial charge in [-0.3, -0.25) is 4.79 Å². The fourth-order valence-electron chi connectivity index (χ4n) is 2.87. The van der Waals surface area contributed by atoms with E-state index in [-0.39, 0.29) is 18.4 Å². The maximum absolute atomic E-state index is 12.8. The van der Waals surface area contributed by atoms with Crippen LogP contribution in [0.25, 0.3) is 0 Å². The van der Waals surface area contributed by atoms with E-state index in [1.165, 1.54) is 20.3 Å². The highest BCUT2D eigenvalue weighted by Gasteiger charge is 2.42. The van der Waals surface area contributed by atoms with Gasteiger partial charge in [-0.25, -0.2) is 0 Å². The standard InChI is InChI=1S/C16H20F3NO3/c1-22-12-6-7-14(23-2)13(9-12)15(21)20-11-5-3-4-10(8-11)16(17,18)19/h6-7,9-11H,3-5,8H2,1-2H3,(H,20,21). The van der Waals surface area contributed by atoms with Crippen molar-refractivity contribution in [2.75, 3.05) is 14.2 Å². The number of benzene rings is 1. The number of carbonyl (C=O) groups is 1. The van der Waals surface area contributed by atoms with Crippen LogP contribution in [0.4, 0.5) is 13.2 Å². The van der Waals surface area contributed by atoms with Crippen molar-refractivity contribution in [3.8, 4) is 11.5 Å². The first-order valence-electron chi connectivity index (χ1n) is 7.44. The van der Waals surface area contributed by atoms with E-state index in [0.29, 0.717) is 24.3 Å². The van der Waals surface area contributed by atoms with Crippen LogP contribution in [0, 0.1) is 5.92 Å². The maximum atomic E-state index is 12.8. The molecule has 1 amide bonds. The lowest BCUT2D eigenvalue weighted by Crippen LogP contribution is -2.41. The highest BCUT2D eigenvalue weighted by molar-refractivity contribution is 5.97. The predicted octanol–water partition coefficient (Wildman–Crippen LogP) is 3.55. The minimum atomic E-state index is -4.21. The molecule has 1 N–H and O–H groups in total. The fraction of sp³-hybridized carbons (Fsp3) is 0.562. The Labute approximate surface area is 133 Å². The van der Waals surface area contributed by atoms with E-state index in [9.17, 15) is 18.0 Å². The lowest BCUT2D eigenvalue weighted by Gasteiger charge is -2.31. The normalized spacial score (nSPS) is 21.6. The molecule has 1 aliphatic rings. The van der Waals surface area contributed by atoms with Crippen molar-refractivity contribution in [2.24, 2.45) is 5.92 Å². The van der Waals surface area contributed by atoms with Crippen molar-refractivity contribution < 1.29 is 27.4 Å². The number of alkyl halides is 3. The first kappa shape index (κ1) is 17.4. The second-order valence-electron chi connectivity index (χ2n) is 5.64. The second-order valence-corrected chi connectivity index (χ2v) is 5.64. The summed E-state index contributed by atoms with van der Waals surface area (Å²) in [6, 6.07) is 4.26. The topological polar surface area (TPSA) is 47.6 Å². The Morgan fingerprint density at radius 2 is 1.96 bits per heavy atom. The summed E-state index contributed by atoms with van der Waals surface area (Å²) in [6.07, 6.45) is -3.17. The number of hydrogen-bond acceptors (Lipinski definition) is 3. The van der Waals surface area contributed by atoms with Gasteiger partial charge in [0, 0.05) is 6.04 Å². The lowest BCUT2D eigenvalue weighted by molar-refractivity contribution is -0.183. The fourth-order valence-corrected chi connectivity index (χ4v) is 2.87. The summed E-state index contributed by atoms with van der Waals surface area (Å²) >= 11 is 0. The van der Waals surface area contributed by atoms with Gasteiger partial charge in [0.25, 0.3) is 5.91 Å². The van der Waals surface area contributed by atoms with Crippen LogP contribution in [0.5, 0.6) is 11.5 Å². The lowest BCUT2D eigenvalue weighted by atomic mass is 9.85. The van der Waals surface area contributed by atoms with E-state index in [1.807, 2.05) is 0 Å². The number of carbonyl (C=O) groups excluding carboxylic acids is 1. The van der Waals surface area contributed by atoms with Gasteiger partial charge in [0.05, 0.1) is 25.7 Å². The minimum absolute atomic E-state index is 0.0818. The average molecular weight is 331 g/mol. The monoisotopic (exact) mass is 331 g/mol. The van der Waals surface area contributed by atoms with Crippen LogP contribution in [0.3, 0.4) is 0 Å². The van der Waals surface area contributed by atoms with Crippen molar-refractivity contribution in [1.82, 2.24) is 5.32 Å². The van der Waals surface area contributed by atoms with E-state index in [4.69, 9.17) is 9.47 Å². The molecule has 1 fully saturated rings. The Morgan fingerprint density at radius 3 is 2.57 bits per heavy atom. The summed E-state index contributed by atoms with van der Waals surface area (Å²) in [5, 5.41) is 2.69. The number of ether oxygens (including phenoxy) is 2. The van der Waals surface area contributed by atoms with Crippen LogP contribution in [-0.2, 0) is 0 Å². The van der Waals surface area contributed by atoms with Crippen molar-refractivity contribution in [2.45, 2.75) is 37.9 Å². The third-order valence-corrected chi connectivity index (χ3v) is 4.12. The van der Waals surface area contributed by atoms with Gasteiger partial charge in [-0.15, -0.1) is 0 Å². The van der Waals surface area contributed by atoms with Crippen molar-refractivity contribution >= 4 is 5.91 Å². The van der Waals surface area contributed by atoms with Crippen LogP contribution in [-0.4, -0.2) is 32.3 Å². The van der Waals surface area contributed by atoms with Crippen LogP contribution in [0.1, 0.15) is 36.0 Å². The summed E-state index contributed by atoms with van der Waals surface area (Å²) in [7, 11) is 2.90. The van der Waals surface area contributed by atoms with Crippen molar-refractivity contribution in [1.29, 1.82) is 0 Å². The van der Waals surface area contributed by atoms with Gasteiger partial charge in [0.15, 0.2) is 0 Å². The van der Waals surface area contributed by atoms with Gasteiger partial charge >= 0.3 is 6.18 Å². The zero-order chi connectivity index (χ0) is 17.0. The molecule has 23 heavy (non-hydrogen) atoms. The molecule has 2 unspecified atom stereocenters. The van der Waals surface area contributed by atoms with E-state index >= 15 is 0 Å². The Hall–Kier alpha value is -1.92. The molecule has 0 heterocycles. The number of rotatable bonds is 4. The quantitative estimate of drug-likeness (QED) is 0.918. The average Bonchev–Trinajstić information content (AvgIpc) is 2.53. The molecule has 2 atom stereocenters. The first-order valence-corrected chi connectivity index (χ1v) is 7.44. The first-order chi connectivity index (χ1) is 10.8. The molecule has 1 aromatic rings. The van der Waals surface area contributed by atoms with E-state index < -0.39 is 24.0 Å². The Kier molecular flexibility index (Phi) is 5.38. The molecule has 1 saturated carbocycles. The van der Waals surface area contributed by atoms with Crippen LogP contribution < -0.4 is 14.8 Å². The molecule has 1 aromatic carbocycles. The summed E-state index contributed by atoms with van der Waals surface area (Å²) in [5.41, 5.74) is 0.251. The highest BCUT2D eigenvalue weighted by atomic mass is 19.4. The molecule has 0 saturated heterocycles. The van der Waals surface area contributed by atoms with Gasteiger partial charge in [-0.05, 0) is 37.5 Å². The SMILES string of the molecule is COc1ccc(OC)c(C(=O)NC2CCCC(C(F)(F)F)C2)c1. The third-order valence-electron chi connectivity index (χ3n) is 4.12. The molecule has 128 valence electrons. The number of hydrogen-bond donors (Lipinski definition) is 1. The molecule has 0 bridgehead atoms. The van der Waals surface area contributed by atoms with Crippen molar-refractivity contribution in [3.05, 3.63) is 23.8 Å². The van der Waals surface area contributed by atoms with Crippen LogP contribution in [0.15, 0.2) is 18.2 Å². The number of methoxy groups -OCH3 is 2. The third kappa shape index (κ3) is 4.30. The highest BCUT2D eigenvalue weighted by Crippen LogP contribution is 2.37. The molecule has 0 spiro atoms. The van der Waals surface area contributed by atoms with E-state index in [1.54, 1.807) is 12.1 Å². The molecule has 2 rings (SSSR count). The number of halogens is 3. The Bertz CT molecular complexity index is 560. The Morgan fingerprint density at radius 1 is 1.22 bits per heavy atom. The minimum Gasteiger partial charge on any atom is -0.497 e. The predicted molar refractivity (Wildman–Crippen MR) is 78.8 cm³/mol. The molecular weight excluding hydrogens is 311 g/mol. The number of amides is 1. The Balaban J connectivity index is 2.09. The van der Waals surface area contributed by atoms with Gasteiger partial charge in [0.1, 0.15) is 11.5 Å². The van der Waals surface area contributed by atoms with Gasteiger partial charge < -0.3 is 14.8 Å². The summed E-state index contributed by atoms with van der Waals surface area (Å²) in [4.78, 5) is 12.4. The van der Waals surface area contributed by atoms with Crippen molar-refractivity contribution in [3.63, 3.8) is 0 Å². The zero-order valence-corrected chi connectivity index (χ0v) is 13.1. The molecule has 0 radical (unpaired) electrons. The molecular formula is C16H20F3NO3. The largest absolute Gasteiger partial charge is 0.497 e. The molecule has 0 aliphatic heterocycles. The number of nitrogens with one attached hydrogen (secondary N) is 1. The van der Waals surface area contributed by atoms with Gasteiger partial charge in [-0.1, -0.05) is 6.42 Å². The van der Waals surface area contributed by atoms with Crippen LogP contribution in [0.2, 0.25) is 0 Å². The molecule has 4 nitrogen and oxygen atoms in total. The summed E-state index contributed by atoms with van der Waals surface area (Å²) in [6.45, 7) is 0.